The standard InChI is InChI=1S/C28H29NO3/c30-25(19-8-9-19)14-20-4-1-2-6-23(20)24-7-3-5-21-16-27(32-28(21)24)26(31)15-22-17-29-12-10-18(22)11-13-29/h1-7,16,18-19,22H,8-15,17H2/t22-/m0/s1. The van der Waals surface area contributed by atoms with Crippen LogP contribution in [0.5, 0.6) is 0 Å². The molecule has 0 amide bonds. The summed E-state index contributed by atoms with van der Waals surface area (Å²) >= 11 is 0. The third-order valence-electron chi connectivity index (χ3n) is 7.76. The number of hydrogen-bond donors (Lipinski definition) is 0. The van der Waals surface area contributed by atoms with Crippen LogP contribution in [0, 0.1) is 17.8 Å². The minimum atomic E-state index is 0.114. The van der Waals surface area contributed by atoms with Gasteiger partial charge < -0.3 is 9.32 Å². The second kappa shape index (κ2) is 8.00. The number of carbonyl (C=O) groups excluding carboxylic acids is 2. The molecule has 4 nitrogen and oxygen atoms in total. The van der Waals surface area contributed by atoms with Gasteiger partial charge in [0.15, 0.2) is 11.5 Å². The van der Waals surface area contributed by atoms with Crippen LogP contribution in [-0.4, -0.2) is 36.1 Å². The molecule has 1 aliphatic carbocycles. The number of hydrogen-bond acceptors (Lipinski definition) is 4. The molecule has 4 heteroatoms. The minimum Gasteiger partial charge on any atom is -0.452 e. The number of ketones is 2. The third-order valence-corrected chi connectivity index (χ3v) is 7.76. The Bertz CT molecular complexity index is 1180. The van der Waals surface area contributed by atoms with Crippen LogP contribution in [0.3, 0.4) is 0 Å². The van der Waals surface area contributed by atoms with Gasteiger partial charge in [-0.05, 0) is 67.8 Å². The molecule has 2 aromatic carbocycles. The van der Waals surface area contributed by atoms with E-state index in [-0.39, 0.29) is 11.7 Å². The molecule has 4 fully saturated rings. The summed E-state index contributed by atoms with van der Waals surface area (Å²) < 4.78 is 6.21. The summed E-state index contributed by atoms with van der Waals surface area (Å²) in [6.07, 6.45) is 5.53. The predicted octanol–water partition coefficient (Wildman–Crippen LogP) is 5.54. The van der Waals surface area contributed by atoms with E-state index < -0.39 is 0 Å². The fourth-order valence-electron chi connectivity index (χ4n) is 5.74. The lowest BCUT2D eigenvalue weighted by atomic mass is 9.76. The normalized spacial score (nSPS) is 24.7. The van der Waals surface area contributed by atoms with E-state index in [9.17, 15) is 9.59 Å². The van der Waals surface area contributed by atoms with E-state index in [0.717, 1.165) is 47.0 Å². The van der Waals surface area contributed by atoms with Gasteiger partial charge in [-0.15, -0.1) is 0 Å². The van der Waals surface area contributed by atoms with Crippen molar-refractivity contribution < 1.29 is 14.0 Å². The SMILES string of the molecule is O=C(C[C@H]1CN2CCC1CC2)c1cc2cccc(-c3ccccc3CC(=O)C3CC3)c2o1. The molecule has 0 spiro atoms. The maximum Gasteiger partial charge on any atom is 0.198 e. The van der Waals surface area contributed by atoms with Crippen LogP contribution >= 0.6 is 0 Å². The number of nitrogens with zero attached hydrogens (tertiary/aromatic N) is 1. The Kier molecular flexibility index (Phi) is 4.98. The van der Waals surface area contributed by atoms with E-state index in [1.165, 1.54) is 25.9 Å². The first kappa shape index (κ1) is 19.9. The zero-order valence-corrected chi connectivity index (χ0v) is 18.4. The van der Waals surface area contributed by atoms with E-state index in [2.05, 4.69) is 11.0 Å². The van der Waals surface area contributed by atoms with Crippen LogP contribution in [0.2, 0.25) is 0 Å². The number of rotatable bonds is 7. The molecule has 0 N–H and O–H groups in total. The smallest absolute Gasteiger partial charge is 0.198 e. The highest BCUT2D eigenvalue weighted by molar-refractivity contribution is 6.01. The van der Waals surface area contributed by atoms with Crippen molar-refractivity contribution in [1.29, 1.82) is 0 Å². The fraction of sp³-hybridized carbons (Fsp3) is 0.429. The van der Waals surface area contributed by atoms with E-state index in [0.29, 0.717) is 36.2 Å². The van der Waals surface area contributed by atoms with Crippen molar-refractivity contribution in [2.24, 2.45) is 17.8 Å². The largest absolute Gasteiger partial charge is 0.452 e. The van der Waals surface area contributed by atoms with E-state index in [1.54, 1.807) is 0 Å². The number of carbonyl (C=O) groups is 2. The number of fused-ring (bicyclic) bond motifs is 4. The maximum atomic E-state index is 13.1. The highest BCUT2D eigenvalue weighted by Crippen LogP contribution is 2.38. The monoisotopic (exact) mass is 427 g/mol. The Morgan fingerprint density at radius 2 is 1.72 bits per heavy atom. The lowest BCUT2D eigenvalue weighted by Crippen LogP contribution is -2.47. The van der Waals surface area contributed by atoms with Crippen molar-refractivity contribution in [1.82, 2.24) is 4.90 Å². The van der Waals surface area contributed by atoms with Crippen molar-refractivity contribution in [3.8, 4) is 11.1 Å². The molecule has 1 saturated carbocycles. The Morgan fingerprint density at radius 3 is 2.47 bits per heavy atom. The first-order valence-electron chi connectivity index (χ1n) is 12.0. The Hall–Kier alpha value is -2.72. The number of benzene rings is 2. The fourth-order valence-corrected chi connectivity index (χ4v) is 5.74. The highest BCUT2D eigenvalue weighted by atomic mass is 16.3. The van der Waals surface area contributed by atoms with Crippen LogP contribution in [0.15, 0.2) is 52.9 Å². The number of para-hydroxylation sites is 1. The van der Waals surface area contributed by atoms with E-state index in [4.69, 9.17) is 4.42 Å². The molecule has 3 saturated heterocycles. The topological polar surface area (TPSA) is 50.5 Å². The van der Waals surface area contributed by atoms with E-state index >= 15 is 0 Å². The molecule has 4 heterocycles. The summed E-state index contributed by atoms with van der Waals surface area (Å²) in [5, 5.41) is 0.947. The molecule has 4 aliphatic rings. The van der Waals surface area contributed by atoms with Crippen LogP contribution in [0.25, 0.3) is 22.1 Å². The Labute approximate surface area is 188 Å². The molecule has 1 aromatic heterocycles. The average molecular weight is 428 g/mol. The molecular weight excluding hydrogens is 398 g/mol. The second-order valence-electron chi connectivity index (χ2n) is 9.93. The minimum absolute atomic E-state index is 0.114. The van der Waals surface area contributed by atoms with Gasteiger partial charge in [0.25, 0.3) is 0 Å². The summed E-state index contributed by atoms with van der Waals surface area (Å²) in [7, 11) is 0. The predicted molar refractivity (Wildman–Crippen MR) is 125 cm³/mol. The molecule has 0 radical (unpaired) electrons. The highest BCUT2D eigenvalue weighted by Gasteiger charge is 2.35. The first-order valence-corrected chi connectivity index (χ1v) is 12.0. The zero-order chi connectivity index (χ0) is 21.7. The molecule has 3 aromatic rings. The quantitative estimate of drug-likeness (QED) is 0.465. The van der Waals surface area contributed by atoms with Gasteiger partial charge in [0.05, 0.1) is 0 Å². The molecule has 2 bridgehead atoms. The number of piperidine rings is 3. The summed E-state index contributed by atoms with van der Waals surface area (Å²) in [4.78, 5) is 28.1. The molecule has 3 aliphatic heterocycles. The first-order chi connectivity index (χ1) is 15.7. The summed E-state index contributed by atoms with van der Waals surface area (Å²) in [5.41, 5.74) is 3.77. The van der Waals surface area contributed by atoms with Gasteiger partial charge in [-0.1, -0.05) is 42.5 Å². The molecule has 32 heavy (non-hydrogen) atoms. The lowest BCUT2D eigenvalue weighted by molar-refractivity contribution is -0.119. The average Bonchev–Trinajstić information content (AvgIpc) is 3.58. The maximum absolute atomic E-state index is 13.1. The summed E-state index contributed by atoms with van der Waals surface area (Å²) in [6.45, 7) is 3.42. The van der Waals surface area contributed by atoms with Gasteiger partial charge in [-0.2, -0.15) is 0 Å². The Balaban J connectivity index is 1.30. The van der Waals surface area contributed by atoms with Gasteiger partial charge in [-0.3, -0.25) is 9.59 Å². The lowest BCUT2D eigenvalue weighted by Gasteiger charge is -2.44. The summed E-state index contributed by atoms with van der Waals surface area (Å²) in [6, 6.07) is 16.0. The van der Waals surface area contributed by atoms with E-state index in [1.807, 2.05) is 42.5 Å². The van der Waals surface area contributed by atoms with Gasteiger partial charge >= 0.3 is 0 Å². The van der Waals surface area contributed by atoms with Crippen molar-refractivity contribution >= 4 is 22.5 Å². The van der Waals surface area contributed by atoms with Gasteiger partial charge in [0.2, 0.25) is 0 Å². The van der Waals surface area contributed by atoms with Crippen LogP contribution in [0.4, 0.5) is 0 Å². The molecule has 1 atom stereocenters. The molecular formula is C28H29NO3. The Morgan fingerprint density at radius 1 is 0.938 bits per heavy atom. The number of furan rings is 1. The van der Waals surface area contributed by atoms with Gasteiger partial charge in [0, 0.05) is 36.3 Å². The van der Waals surface area contributed by atoms with Gasteiger partial charge in [-0.25, -0.2) is 0 Å². The van der Waals surface area contributed by atoms with Crippen LogP contribution in [0.1, 0.15) is 48.2 Å². The van der Waals surface area contributed by atoms with Crippen molar-refractivity contribution in [3.05, 3.63) is 59.9 Å². The molecule has 7 rings (SSSR count). The summed E-state index contributed by atoms with van der Waals surface area (Å²) in [5.74, 6) is 2.29. The second-order valence-corrected chi connectivity index (χ2v) is 9.93. The number of Topliss-reactive ketones (excluding diaryl/α,β-unsaturated/α-hetero) is 2. The molecule has 164 valence electrons. The van der Waals surface area contributed by atoms with Crippen molar-refractivity contribution in [3.63, 3.8) is 0 Å². The third kappa shape index (κ3) is 3.71. The van der Waals surface area contributed by atoms with Crippen molar-refractivity contribution in [2.45, 2.75) is 38.5 Å². The van der Waals surface area contributed by atoms with Gasteiger partial charge in [0.1, 0.15) is 11.4 Å². The van der Waals surface area contributed by atoms with Crippen molar-refractivity contribution in [2.75, 3.05) is 19.6 Å². The molecule has 0 unspecified atom stereocenters. The van der Waals surface area contributed by atoms with Crippen LogP contribution < -0.4 is 0 Å². The zero-order valence-electron chi connectivity index (χ0n) is 18.4. The van der Waals surface area contributed by atoms with Crippen LogP contribution in [-0.2, 0) is 11.2 Å².